The highest BCUT2D eigenvalue weighted by Gasteiger charge is 2.45. The molecule has 1 saturated carbocycles. The monoisotopic (exact) mass is 405 g/mol. The van der Waals surface area contributed by atoms with Crippen LogP contribution in [0.3, 0.4) is 0 Å². The first-order valence-electron chi connectivity index (χ1n) is 11.0. The van der Waals surface area contributed by atoms with Crippen LogP contribution in [0.2, 0.25) is 0 Å². The number of hydrogen-bond donors (Lipinski definition) is 1. The van der Waals surface area contributed by atoms with Crippen LogP contribution in [0.25, 0.3) is 11.1 Å². The fourth-order valence-corrected chi connectivity index (χ4v) is 5.88. The van der Waals surface area contributed by atoms with Crippen LogP contribution < -0.4 is 0 Å². The number of carboxylic acids is 1. The zero-order chi connectivity index (χ0) is 20.7. The van der Waals surface area contributed by atoms with Crippen molar-refractivity contribution < 1.29 is 19.4 Å². The van der Waals surface area contributed by atoms with Crippen molar-refractivity contribution >= 4 is 12.1 Å². The average Bonchev–Trinajstić information content (AvgIpc) is 3.10. The van der Waals surface area contributed by atoms with Crippen LogP contribution in [0, 0.1) is 11.8 Å². The number of ether oxygens (including phenoxy) is 1. The van der Waals surface area contributed by atoms with E-state index in [0.29, 0.717) is 12.5 Å². The number of benzene rings is 2. The van der Waals surface area contributed by atoms with Gasteiger partial charge in [0, 0.05) is 12.5 Å². The largest absolute Gasteiger partial charge is 0.480 e. The zero-order valence-electron chi connectivity index (χ0n) is 17.0. The molecule has 0 radical (unpaired) electrons. The lowest BCUT2D eigenvalue weighted by molar-refractivity contribution is -0.148. The molecule has 1 saturated heterocycles. The van der Waals surface area contributed by atoms with Crippen LogP contribution in [0.4, 0.5) is 4.79 Å². The molecule has 3 unspecified atom stereocenters. The van der Waals surface area contributed by atoms with Gasteiger partial charge in [-0.25, -0.2) is 9.59 Å². The van der Waals surface area contributed by atoms with Crippen molar-refractivity contribution in [3.8, 4) is 11.1 Å². The van der Waals surface area contributed by atoms with E-state index in [9.17, 15) is 14.7 Å². The Balaban J connectivity index is 1.34. The predicted octanol–water partition coefficient (Wildman–Crippen LogP) is 4.90. The lowest BCUT2D eigenvalue weighted by Crippen LogP contribution is -2.56. The quantitative estimate of drug-likeness (QED) is 0.789. The maximum Gasteiger partial charge on any atom is 0.410 e. The normalized spacial score (nSPS) is 25.2. The summed E-state index contributed by atoms with van der Waals surface area (Å²) in [4.78, 5) is 26.5. The van der Waals surface area contributed by atoms with Crippen LogP contribution in [-0.4, -0.2) is 41.3 Å². The van der Waals surface area contributed by atoms with E-state index in [2.05, 4.69) is 24.3 Å². The molecule has 1 heterocycles. The molecule has 1 amide bonds. The fourth-order valence-electron chi connectivity index (χ4n) is 5.88. The summed E-state index contributed by atoms with van der Waals surface area (Å²) in [5, 5.41) is 9.89. The summed E-state index contributed by atoms with van der Waals surface area (Å²) in [7, 11) is 0. The molecule has 1 aliphatic heterocycles. The lowest BCUT2D eigenvalue weighted by Gasteiger charge is -2.45. The minimum Gasteiger partial charge on any atom is -0.480 e. The number of likely N-dealkylation sites (tertiary alicyclic amines) is 1. The maximum absolute atomic E-state index is 13.0. The summed E-state index contributed by atoms with van der Waals surface area (Å²) in [6.45, 7) is 0.693. The number of rotatable bonds is 3. The van der Waals surface area contributed by atoms with Gasteiger partial charge >= 0.3 is 12.1 Å². The van der Waals surface area contributed by atoms with E-state index in [4.69, 9.17) is 4.74 Å². The Labute approximate surface area is 176 Å². The van der Waals surface area contributed by atoms with Gasteiger partial charge in [-0.3, -0.25) is 4.90 Å². The third kappa shape index (κ3) is 3.17. The van der Waals surface area contributed by atoms with Crippen molar-refractivity contribution in [2.24, 2.45) is 11.8 Å². The second-order valence-electron chi connectivity index (χ2n) is 8.78. The van der Waals surface area contributed by atoms with Crippen molar-refractivity contribution in [1.29, 1.82) is 0 Å². The molecule has 1 N–H and O–H groups in total. The molecule has 2 aromatic rings. The first-order chi connectivity index (χ1) is 14.6. The van der Waals surface area contributed by atoms with Crippen molar-refractivity contribution in [1.82, 2.24) is 4.90 Å². The molecule has 5 heteroatoms. The topological polar surface area (TPSA) is 66.8 Å². The van der Waals surface area contributed by atoms with Gasteiger partial charge in [0.1, 0.15) is 12.6 Å². The number of amides is 1. The first-order valence-corrected chi connectivity index (χ1v) is 11.0. The number of carbonyl (C=O) groups is 2. The fraction of sp³-hybridized carbons (Fsp3) is 0.440. The van der Waals surface area contributed by atoms with E-state index in [0.717, 1.165) is 36.8 Å². The van der Waals surface area contributed by atoms with Crippen LogP contribution >= 0.6 is 0 Å². The zero-order valence-corrected chi connectivity index (χ0v) is 17.0. The third-order valence-electron chi connectivity index (χ3n) is 7.27. The number of hydrogen-bond acceptors (Lipinski definition) is 3. The highest BCUT2D eigenvalue weighted by molar-refractivity contribution is 5.81. The van der Waals surface area contributed by atoms with E-state index in [1.165, 1.54) is 22.4 Å². The van der Waals surface area contributed by atoms with Gasteiger partial charge in [-0.05, 0) is 46.9 Å². The second kappa shape index (κ2) is 7.78. The van der Waals surface area contributed by atoms with Gasteiger partial charge in [-0.1, -0.05) is 67.8 Å². The smallest absolute Gasteiger partial charge is 0.410 e. The van der Waals surface area contributed by atoms with Gasteiger partial charge < -0.3 is 9.84 Å². The molecule has 5 nitrogen and oxygen atoms in total. The van der Waals surface area contributed by atoms with Gasteiger partial charge in [-0.15, -0.1) is 0 Å². The van der Waals surface area contributed by atoms with E-state index in [1.807, 2.05) is 24.3 Å². The molecule has 0 aromatic heterocycles. The van der Waals surface area contributed by atoms with E-state index < -0.39 is 18.1 Å². The molecule has 2 aliphatic carbocycles. The molecule has 0 bridgehead atoms. The molecular formula is C25H27NO4. The van der Waals surface area contributed by atoms with Crippen molar-refractivity contribution in [2.75, 3.05) is 13.2 Å². The standard InChI is InChI=1S/C25H27NO4/c27-24(28)23-17-8-2-1-7-16(17)13-14-26(23)25(29)30-15-22-20-11-5-3-9-18(20)19-10-4-6-12-21(19)22/h3-6,9-12,16-17,22-23H,1-2,7-8,13-15H2,(H,27,28). The van der Waals surface area contributed by atoms with Crippen LogP contribution in [0.1, 0.15) is 49.1 Å². The molecule has 30 heavy (non-hydrogen) atoms. The third-order valence-corrected chi connectivity index (χ3v) is 7.27. The summed E-state index contributed by atoms with van der Waals surface area (Å²) in [5.41, 5.74) is 4.68. The van der Waals surface area contributed by atoms with Gasteiger partial charge in [0.05, 0.1) is 0 Å². The Kier molecular flexibility index (Phi) is 4.97. The Hall–Kier alpha value is -2.82. The summed E-state index contributed by atoms with van der Waals surface area (Å²) in [5.74, 6) is -0.458. The number of nitrogens with zero attached hydrogens (tertiary/aromatic N) is 1. The Morgan fingerprint density at radius 3 is 2.23 bits per heavy atom. The number of carboxylic acid groups (broad SMARTS) is 1. The van der Waals surface area contributed by atoms with Crippen LogP contribution in [0.5, 0.6) is 0 Å². The van der Waals surface area contributed by atoms with Crippen LogP contribution in [0.15, 0.2) is 48.5 Å². The summed E-state index contributed by atoms with van der Waals surface area (Å²) < 4.78 is 5.76. The Bertz CT molecular complexity index is 926. The van der Waals surface area contributed by atoms with Crippen molar-refractivity contribution in [3.05, 3.63) is 59.7 Å². The van der Waals surface area contributed by atoms with E-state index in [-0.39, 0.29) is 18.4 Å². The molecular weight excluding hydrogens is 378 g/mol. The minimum absolute atomic E-state index is 0.0168. The average molecular weight is 405 g/mol. The number of piperidine rings is 1. The minimum atomic E-state index is -0.903. The summed E-state index contributed by atoms with van der Waals surface area (Å²) >= 11 is 0. The van der Waals surface area contributed by atoms with E-state index >= 15 is 0 Å². The summed E-state index contributed by atoms with van der Waals surface area (Å²) in [6.07, 6.45) is 4.55. The molecule has 156 valence electrons. The van der Waals surface area contributed by atoms with Gasteiger partial charge in [0.25, 0.3) is 0 Å². The highest BCUT2D eigenvalue weighted by Crippen LogP contribution is 2.45. The number of fused-ring (bicyclic) bond motifs is 4. The number of aliphatic carboxylic acids is 1. The molecule has 0 spiro atoms. The van der Waals surface area contributed by atoms with Crippen molar-refractivity contribution in [3.63, 3.8) is 0 Å². The maximum atomic E-state index is 13.0. The van der Waals surface area contributed by atoms with Gasteiger partial charge in [0.2, 0.25) is 0 Å². The molecule has 3 aliphatic rings. The second-order valence-corrected chi connectivity index (χ2v) is 8.78. The highest BCUT2D eigenvalue weighted by atomic mass is 16.6. The Morgan fingerprint density at radius 2 is 1.57 bits per heavy atom. The molecule has 2 aromatic carbocycles. The van der Waals surface area contributed by atoms with Gasteiger partial charge in [0.15, 0.2) is 0 Å². The predicted molar refractivity (Wildman–Crippen MR) is 113 cm³/mol. The van der Waals surface area contributed by atoms with Crippen LogP contribution in [-0.2, 0) is 9.53 Å². The molecule has 5 rings (SSSR count). The first kappa shape index (κ1) is 19.2. The Morgan fingerprint density at radius 1 is 0.933 bits per heavy atom. The van der Waals surface area contributed by atoms with Crippen molar-refractivity contribution in [2.45, 2.75) is 44.1 Å². The lowest BCUT2D eigenvalue weighted by atomic mass is 9.71. The molecule has 2 fully saturated rings. The summed E-state index contributed by atoms with van der Waals surface area (Å²) in [6, 6.07) is 15.7. The van der Waals surface area contributed by atoms with E-state index in [1.54, 1.807) is 0 Å². The SMILES string of the molecule is O=C(O)C1C2CCCCC2CCN1C(=O)OCC1c2ccccc2-c2ccccc21. The molecule has 3 atom stereocenters. The van der Waals surface area contributed by atoms with Gasteiger partial charge in [-0.2, -0.15) is 0 Å². The number of carbonyl (C=O) groups excluding carboxylic acids is 1.